The van der Waals surface area contributed by atoms with Crippen LogP contribution in [-0.4, -0.2) is 32.6 Å². The molecule has 4 N–H and O–H groups in total. The predicted molar refractivity (Wildman–Crippen MR) is 140 cm³/mol. The molecule has 5 heterocycles. The zero-order valence-electron chi connectivity index (χ0n) is 18.2. The molecule has 0 aromatic heterocycles. The summed E-state index contributed by atoms with van der Waals surface area (Å²) in [6.07, 6.45) is 20.7. The number of nitrogens with zero attached hydrogens (tertiary/aromatic N) is 4. The topological polar surface area (TPSA) is 133 Å². The van der Waals surface area contributed by atoms with Crippen molar-refractivity contribution in [1.29, 1.82) is 0 Å². The minimum atomic E-state index is -4.55. The van der Waals surface area contributed by atoms with Crippen LogP contribution in [0.5, 0.6) is 0 Å². The van der Waals surface area contributed by atoms with Crippen LogP contribution in [0.1, 0.15) is 5.56 Å². The highest BCUT2D eigenvalue weighted by molar-refractivity contribution is 7.60. The number of benzene rings is 1. The van der Waals surface area contributed by atoms with Crippen molar-refractivity contribution in [3.8, 4) is 0 Å². The third-order valence-corrected chi connectivity index (χ3v) is 6.74. The van der Waals surface area contributed by atoms with Gasteiger partial charge in [-0.3, -0.25) is 4.57 Å². The maximum absolute atomic E-state index is 12.0. The number of rotatable bonds is 2. The lowest BCUT2D eigenvalue weighted by Gasteiger charge is -2.13. The third kappa shape index (κ3) is 4.11. The number of hydrogen-bond donors (Lipinski definition) is 3. The minimum Gasteiger partial charge on any atom is -0.397 e. The summed E-state index contributed by atoms with van der Waals surface area (Å²) < 4.78 is 12.0. The van der Waals surface area contributed by atoms with Crippen LogP contribution in [-0.2, 0) is 4.57 Å². The van der Waals surface area contributed by atoms with Crippen LogP contribution < -0.4 is 11.0 Å². The summed E-state index contributed by atoms with van der Waals surface area (Å²) in [6, 6.07) is 4.63. The molecule has 9 heteroatoms. The van der Waals surface area contributed by atoms with Crippen LogP contribution in [0.25, 0.3) is 5.57 Å². The summed E-state index contributed by atoms with van der Waals surface area (Å²) in [5.41, 5.74) is 13.1. The van der Waals surface area contributed by atoms with Gasteiger partial charge in [0.25, 0.3) is 0 Å². The van der Waals surface area contributed by atoms with Gasteiger partial charge in [-0.1, -0.05) is 12.1 Å². The largest absolute Gasteiger partial charge is 0.397 e. The Labute approximate surface area is 200 Å². The standard InChI is InChI=1S/C26H18N5O3P/c27-26-22(2-1-3-25(26)35(32,33)34)23-13-21-12-19-7-6-17(29-19)10-15-4-5-16(28-15)11-18-8-9-20(30-18)14-24(23)31-21/h1-14H,27H2,(H2,32,33,34). The van der Waals surface area contributed by atoms with Crippen molar-refractivity contribution in [2.75, 3.05) is 5.73 Å². The van der Waals surface area contributed by atoms with E-state index in [0.717, 1.165) is 28.5 Å². The Morgan fingerprint density at radius 2 is 1.20 bits per heavy atom. The third-order valence-electron chi connectivity index (χ3n) is 5.73. The van der Waals surface area contributed by atoms with E-state index in [9.17, 15) is 14.4 Å². The van der Waals surface area contributed by atoms with Gasteiger partial charge in [-0.15, -0.1) is 0 Å². The van der Waals surface area contributed by atoms with E-state index in [4.69, 9.17) is 10.7 Å². The second-order valence-corrected chi connectivity index (χ2v) is 9.79. The summed E-state index contributed by atoms with van der Waals surface area (Å²) >= 11 is 0. The van der Waals surface area contributed by atoms with Gasteiger partial charge in [0.1, 0.15) is 0 Å². The normalized spacial score (nSPS) is 20.0. The molecule has 0 aliphatic carbocycles. The Hall–Kier alpha value is -4.23. The van der Waals surface area contributed by atoms with Crippen molar-refractivity contribution in [2.24, 2.45) is 20.0 Å². The number of nitrogens with two attached hydrogens (primary N) is 1. The van der Waals surface area contributed by atoms with Crippen LogP contribution in [0.4, 0.5) is 5.69 Å². The van der Waals surface area contributed by atoms with Gasteiger partial charge < -0.3 is 15.5 Å². The summed E-state index contributed by atoms with van der Waals surface area (Å²) in [5.74, 6) is 0. The summed E-state index contributed by atoms with van der Waals surface area (Å²) in [5, 5.41) is -0.214. The van der Waals surface area contributed by atoms with Gasteiger partial charge in [0.15, 0.2) is 0 Å². The van der Waals surface area contributed by atoms with Gasteiger partial charge in [-0.05, 0) is 72.9 Å². The van der Waals surface area contributed by atoms with Gasteiger partial charge >= 0.3 is 7.60 Å². The van der Waals surface area contributed by atoms with Crippen molar-refractivity contribution >= 4 is 47.0 Å². The number of allylic oxidation sites excluding steroid dienone is 12. The first-order chi connectivity index (χ1) is 16.8. The number of nitrogen functional groups attached to an aromatic ring is 1. The maximum Gasteiger partial charge on any atom is 0.358 e. The average Bonchev–Trinajstić information content (AvgIpc) is 3.58. The highest BCUT2D eigenvalue weighted by Gasteiger charge is 2.26. The zero-order valence-corrected chi connectivity index (χ0v) is 19.1. The van der Waals surface area contributed by atoms with Crippen LogP contribution in [0, 0.1) is 0 Å². The first-order valence-electron chi connectivity index (χ1n) is 10.7. The fourth-order valence-corrected chi connectivity index (χ4v) is 4.87. The average molecular weight is 479 g/mol. The van der Waals surface area contributed by atoms with E-state index in [0.29, 0.717) is 28.3 Å². The molecule has 1 aromatic rings. The summed E-state index contributed by atoms with van der Waals surface area (Å²) in [7, 11) is -4.55. The highest BCUT2D eigenvalue weighted by atomic mass is 31.2. The molecular formula is C26H18N5O3P. The maximum atomic E-state index is 12.0. The zero-order chi connectivity index (χ0) is 24.2. The first kappa shape index (κ1) is 21.3. The second kappa shape index (κ2) is 7.92. The summed E-state index contributed by atoms with van der Waals surface area (Å²) in [6.45, 7) is 0. The minimum absolute atomic E-state index is 0.0194. The van der Waals surface area contributed by atoms with Crippen molar-refractivity contribution in [2.45, 2.75) is 0 Å². The number of aliphatic imine (C=N–C) groups is 4. The summed E-state index contributed by atoms with van der Waals surface area (Å²) in [4.78, 5) is 38.1. The SMILES string of the molecule is Nc1c(C2=CC3=NC2=CC2=NC(=CC4=NC(=CC5=NC(=C3)C=C5)C=C4)C=C2)cccc1P(=O)(O)O. The molecule has 0 spiro atoms. The molecule has 8 bridgehead atoms. The van der Waals surface area contributed by atoms with E-state index in [1.54, 1.807) is 12.1 Å². The molecule has 5 aliphatic rings. The Morgan fingerprint density at radius 1 is 0.657 bits per heavy atom. The Morgan fingerprint density at radius 3 is 1.77 bits per heavy atom. The Kier molecular flexibility index (Phi) is 4.82. The molecule has 0 saturated carbocycles. The van der Waals surface area contributed by atoms with E-state index >= 15 is 0 Å². The van der Waals surface area contributed by atoms with Crippen LogP contribution >= 0.6 is 7.60 Å². The van der Waals surface area contributed by atoms with Crippen LogP contribution in [0.2, 0.25) is 0 Å². The van der Waals surface area contributed by atoms with Gasteiger partial charge in [0, 0.05) is 11.1 Å². The fourth-order valence-electron chi connectivity index (χ4n) is 4.16. The van der Waals surface area contributed by atoms with Crippen molar-refractivity contribution in [3.63, 3.8) is 0 Å². The molecule has 0 atom stereocenters. The predicted octanol–water partition coefficient (Wildman–Crippen LogP) is 3.49. The van der Waals surface area contributed by atoms with Crippen molar-refractivity contribution < 1.29 is 14.4 Å². The molecule has 0 fully saturated rings. The molecule has 35 heavy (non-hydrogen) atoms. The molecule has 0 unspecified atom stereocenters. The van der Waals surface area contributed by atoms with Crippen molar-refractivity contribution in [3.05, 3.63) is 113 Å². The van der Waals surface area contributed by atoms with E-state index < -0.39 is 7.60 Å². The lowest BCUT2D eigenvalue weighted by molar-refractivity contribution is 0.387. The molecule has 5 aliphatic heterocycles. The van der Waals surface area contributed by atoms with E-state index in [-0.39, 0.29) is 11.0 Å². The molecular weight excluding hydrogens is 461 g/mol. The quantitative estimate of drug-likeness (QED) is 0.442. The molecule has 0 saturated heterocycles. The highest BCUT2D eigenvalue weighted by Crippen LogP contribution is 2.40. The smallest absolute Gasteiger partial charge is 0.358 e. The molecule has 0 amide bonds. The molecule has 1 aromatic carbocycles. The van der Waals surface area contributed by atoms with Crippen molar-refractivity contribution in [1.82, 2.24) is 0 Å². The Balaban J connectivity index is 1.52. The first-order valence-corrected chi connectivity index (χ1v) is 12.4. The number of anilines is 1. The fraction of sp³-hybridized carbons (Fsp3) is 0. The Bertz CT molecular complexity index is 1630. The number of fused-ring (bicyclic) bond motifs is 4. The van der Waals surface area contributed by atoms with E-state index in [2.05, 4.69) is 15.0 Å². The molecule has 8 nitrogen and oxygen atoms in total. The monoisotopic (exact) mass is 479 g/mol. The van der Waals surface area contributed by atoms with Crippen LogP contribution in [0.3, 0.4) is 0 Å². The lowest BCUT2D eigenvalue weighted by Crippen LogP contribution is -2.12. The number of para-hydroxylation sites is 1. The van der Waals surface area contributed by atoms with E-state index in [1.165, 1.54) is 6.07 Å². The van der Waals surface area contributed by atoms with Gasteiger partial charge in [0.2, 0.25) is 0 Å². The molecule has 0 radical (unpaired) electrons. The van der Waals surface area contributed by atoms with Gasteiger partial charge in [0.05, 0.1) is 56.6 Å². The lowest BCUT2D eigenvalue weighted by atomic mass is 10.0. The second-order valence-electron chi connectivity index (χ2n) is 8.22. The van der Waals surface area contributed by atoms with Gasteiger partial charge in [-0.25, -0.2) is 20.0 Å². The van der Waals surface area contributed by atoms with Gasteiger partial charge in [-0.2, -0.15) is 0 Å². The number of hydrogen-bond acceptors (Lipinski definition) is 6. The molecule has 170 valence electrons. The molecule has 6 rings (SSSR count). The van der Waals surface area contributed by atoms with E-state index in [1.807, 2.05) is 66.8 Å². The van der Waals surface area contributed by atoms with Crippen LogP contribution in [0.15, 0.2) is 128 Å².